The van der Waals surface area contributed by atoms with E-state index < -0.39 is 0 Å². The quantitative estimate of drug-likeness (QED) is 0.302. The summed E-state index contributed by atoms with van der Waals surface area (Å²) in [6.45, 7) is 0. The SMILES string of the molecule is O=[N+]=Cc1ccc(C=NO)cc1. The Balaban J connectivity index is 2.92. The lowest BCUT2D eigenvalue weighted by Crippen LogP contribution is -1.85. The van der Waals surface area contributed by atoms with Crippen LogP contribution >= 0.6 is 0 Å². The average molecular weight is 163 g/mol. The highest BCUT2D eigenvalue weighted by molar-refractivity contribution is 5.83. The summed E-state index contributed by atoms with van der Waals surface area (Å²) in [5.74, 6) is 0. The monoisotopic (exact) mass is 163 g/mol. The van der Waals surface area contributed by atoms with E-state index in [1.54, 1.807) is 24.3 Å². The van der Waals surface area contributed by atoms with Crippen LogP contribution in [-0.2, 0) is 0 Å². The van der Waals surface area contributed by atoms with E-state index in [4.69, 9.17) is 5.21 Å². The second kappa shape index (κ2) is 4.05. The summed E-state index contributed by atoms with van der Waals surface area (Å²) in [5.41, 5.74) is 1.49. The van der Waals surface area contributed by atoms with E-state index in [1.165, 1.54) is 12.4 Å². The molecule has 4 nitrogen and oxygen atoms in total. The molecule has 1 N–H and O–H groups in total. The highest BCUT2D eigenvalue weighted by Gasteiger charge is 1.94. The second-order valence-electron chi connectivity index (χ2n) is 2.15. The molecule has 12 heavy (non-hydrogen) atoms. The lowest BCUT2D eigenvalue weighted by atomic mass is 10.2. The van der Waals surface area contributed by atoms with Gasteiger partial charge in [0.2, 0.25) is 4.85 Å². The molecule has 0 aliphatic heterocycles. The maximum atomic E-state index is 9.81. The van der Waals surface area contributed by atoms with Gasteiger partial charge in [-0.05, 0) is 17.7 Å². The summed E-state index contributed by atoms with van der Waals surface area (Å²) < 4.78 is 0. The van der Waals surface area contributed by atoms with Crippen molar-refractivity contribution in [3.8, 4) is 0 Å². The first kappa shape index (κ1) is 8.17. The zero-order valence-electron chi connectivity index (χ0n) is 6.21. The van der Waals surface area contributed by atoms with Gasteiger partial charge in [0.15, 0.2) is 4.91 Å². The van der Waals surface area contributed by atoms with Gasteiger partial charge >= 0.3 is 6.21 Å². The van der Waals surface area contributed by atoms with Crippen LogP contribution in [0.25, 0.3) is 0 Å². The van der Waals surface area contributed by atoms with Crippen LogP contribution in [0.3, 0.4) is 0 Å². The predicted molar refractivity (Wildman–Crippen MR) is 46.5 cm³/mol. The molecule has 0 spiro atoms. The molecule has 0 bridgehead atoms. The topological polar surface area (TPSA) is 63.8 Å². The van der Waals surface area contributed by atoms with E-state index in [2.05, 4.69) is 10.0 Å². The molecule has 0 saturated carbocycles. The first-order valence-corrected chi connectivity index (χ1v) is 3.30. The highest BCUT2D eigenvalue weighted by atomic mass is 16.4. The number of oxime groups is 1. The van der Waals surface area contributed by atoms with Crippen LogP contribution in [0.15, 0.2) is 29.4 Å². The zero-order valence-corrected chi connectivity index (χ0v) is 6.21. The Morgan fingerprint density at radius 3 is 2.33 bits per heavy atom. The molecule has 0 heterocycles. The molecular formula is C8H7N2O2+. The molecule has 0 saturated heterocycles. The lowest BCUT2D eigenvalue weighted by molar-refractivity contribution is 0.322. The Hall–Kier alpha value is -1.93. The molecule has 0 unspecified atom stereocenters. The van der Waals surface area contributed by atoms with Crippen molar-refractivity contribution < 1.29 is 5.21 Å². The first-order chi connectivity index (χ1) is 5.86. The van der Waals surface area contributed by atoms with Gasteiger partial charge in [0, 0.05) is 0 Å². The number of nitroso groups, excluding NO2 is 1. The summed E-state index contributed by atoms with van der Waals surface area (Å²) >= 11 is 0. The minimum absolute atomic E-state index is 0.722. The maximum Gasteiger partial charge on any atom is 0.368 e. The Bertz CT molecular complexity index is 323. The van der Waals surface area contributed by atoms with Crippen molar-refractivity contribution in [2.45, 2.75) is 0 Å². The van der Waals surface area contributed by atoms with Gasteiger partial charge in [-0.25, -0.2) is 0 Å². The molecule has 1 aromatic rings. The Morgan fingerprint density at radius 1 is 1.25 bits per heavy atom. The molecule has 1 aromatic carbocycles. The molecular weight excluding hydrogens is 156 g/mol. The highest BCUT2D eigenvalue weighted by Crippen LogP contribution is 1.98. The van der Waals surface area contributed by atoms with Gasteiger partial charge < -0.3 is 5.21 Å². The standard InChI is InChI=1S/C8H6N2O2/c11-9-5-7-1-2-8(4-3-7)6-10-12/h1-6H/p+1. The van der Waals surface area contributed by atoms with Gasteiger partial charge in [-0.2, -0.15) is 0 Å². The number of nitrogens with zero attached hydrogens (tertiary/aromatic N) is 2. The van der Waals surface area contributed by atoms with E-state index in [9.17, 15) is 4.91 Å². The largest absolute Gasteiger partial charge is 0.411 e. The minimum Gasteiger partial charge on any atom is -0.411 e. The molecule has 0 fully saturated rings. The fraction of sp³-hybridized carbons (Fsp3) is 0. The smallest absolute Gasteiger partial charge is 0.368 e. The maximum absolute atomic E-state index is 9.81. The third kappa shape index (κ3) is 2.04. The molecule has 0 amide bonds. The third-order valence-electron chi connectivity index (χ3n) is 1.35. The van der Waals surface area contributed by atoms with Gasteiger partial charge in [0.1, 0.15) is 0 Å². The summed E-state index contributed by atoms with van der Waals surface area (Å²) in [7, 11) is 0. The zero-order chi connectivity index (χ0) is 8.81. The number of benzene rings is 1. The van der Waals surface area contributed by atoms with Gasteiger partial charge in [-0.3, -0.25) is 0 Å². The molecule has 60 valence electrons. The van der Waals surface area contributed by atoms with E-state index in [-0.39, 0.29) is 0 Å². The molecule has 0 aromatic heterocycles. The molecule has 0 radical (unpaired) electrons. The van der Waals surface area contributed by atoms with E-state index in [1.807, 2.05) is 0 Å². The molecule has 1 rings (SSSR count). The summed E-state index contributed by atoms with van der Waals surface area (Å²) in [4.78, 5) is 12.4. The van der Waals surface area contributed by atoms with Crippen molar-refractivity contribution >= 4 is 12.4 Å². The Labute approximate surface area is 68.8 Å². The Morgan fingerprint density at radius 2 is 1.83 bits per heavy atom. The minimum atomic E-state index is 0.722. The van der Waals surface area contributed by atoms with Crippen LogP contribution in [0.5, 0.6) is 0 Å². The van der Waals surface area contributed by atoms with Gasteiger partial charge in [-0.15, -0.1) is 0 Å². The van der Waals surface area contributed by atoms with Crippen LogP contribution in [-0.4, -0.2) is 17.6 Å². The lowest BCUT2D eigenvalue weighted by Gasteiger charge is -1.88. The molecule has 0 atom stereocenters. The van der Waals surface area contributed by atoms with Crippen molar-refractivity contribution in [3.05, 3.63) is 40.3 Å². The molecule has 0 aliphatic carbocycles. The fourth-order valence-electron chi connectivity index (χ4n) is 0.796. The number of hydrogen-bond donors (Lipinski definition) is 1. The Kier molecular flexibility index (Phi) is 2.76. The average Bonchev–Trinajstić information content (AvgIpc) is 2.09. The summed E-state index contributed by atoms with van der Waals surface area (Å²) in [6, 6.07) is 6.85. The van der Waals surface area contributed by atoms with Crippen LogP contribution in [0.4, 0.5) is 0 Å². The number of rotatable bonds is 2. The van der Waals surface area contributed by atoms with Gasteiger partial charge in [0.05, 0.1) is 11.8 Å². The molecule has 0 aliphatic rings. The predicted octanol–water partition coefficient (Wildman–Crippen LogP) is 0.747. The van der Waals surface area contributed by atoms with Crippen LogP contribution in [0, 0.1) is 4.91 Å². The van der Waals surface area contributed by atoms with E-state index in [0.717, 1.165) is 11.1 Å². The molecule has 4 heteroatoms. The van der Waals surface area contributed by atoms with Crippen molar-refractivity contribution in [1.82, 2.24) is 4.85 Å². The summed E-state index contributed by atoms with van der Waals surface area (Å²) in [6.07, 6.45) is 2.51. The van der Waals surface area contributed by atoms with E-state index in [0.29, 0.717) is 0 Å². The second-order valence-corrected chi connectivity index (χ2v) is 2.15. The van der Waals surface area contributed by atoms with Crippen LogP contribution in [0.2, 0.25) is 0 Å². The van der Waals surface area contributed by atoms with E-state index >= 15 is 0 Å². The van der Waals surface area contributed by atoms with Crippen molar-refractivity contribution in [2.75, 3.05) is 0 Å². The van der Waals surface area contributed by atoms with Crippen molar-refractivity contribution in [3.63, 3.8) is 0 Å². The van der Waals surface area contributed by atoms with Crippen molar-refractivity contribution in [1.29, 1.82) is 0 Å². The normalized spacial score (nSPS) is 9.67. The van der Waals surface area contributed by atoms with Crippen molar-refractivity contribution in [2.24, 2.45) is 5.16 Å². The fourth-order valence-corrected chi connectivity index (χ4v) is 0.796. The van der Waals surface area contributed by atoms with Crippen LogP contribution in [0.1, 0.15) is 11.1 Å². The van der Waals surface area contributed by atoms with Crippen LogP contribution < -0.4 is 4.85 Å². The third-order valence-corrected chi connectivity index (χ3v) is 1.35. The van der Waals surface area contributed by atoms with Gasteiger partial charge in [-0.1, -0.05) is 17.3 Å². The number of hydrogen-bond acceptors (Lipinski definition) is 3. The summed E-state index contributed by atoms with van der Waals surface area (Å²) in [5, 5.41) is 11.0. The first-order valence-electron chi connectivity index (χ1n) is 3.30. The van der Waals surface area contributed by atoms with Gasteiger partial charge in [0.25, 0.3) is 0 Å².